The topological polar surface area (TPSA) is 21.3 Å². The number of hydrogen-bond acceptors (Lipinski definition) is 2. The van der Waals surface area contributed by atoms with Crippen molar-refractivity contribution < 1.29 is 4.74 Å². The molecule has 0 aromatic heterocycles. The molecule has 3 heteroatoms. The second-order valence-electron chi connectivity index (χ2n) is 6.67. The van der Waals surface area contributed by atoms with Crippen molar-refractivity contribution in [3.05, 3.63) is 28.2 Å². The lowest BCUT2D eigenvalue weighted by atomic mass is 9.92. The van der Waals surface area contributed by atoms with Crippen molar-refractivity contribution in [3.8, 4) is 5.75 Å². The van der Waals surface area contributed by atoms with Gasteiger partial charge in [0.25, 0.3) is 0 Å². The molecule has 2 saturated carbocycles. The van der Waals surface area contributed by atoms with Gasteiger partial charge in [-0.2, -0.15) is 0 Å². The molecule has 108 valence electrons. The lowest BCUT2D eigenvalue weighted by Crippen LogP contribution is -2.36. The van der Waals surface area contributed by atoms with Crippen molar-refractivity contribution >= 4 is 15.9 Å². The Hall–Kier alpha value is -0.540. The molecule has 20 heavy (non-hydrogen) atoms. The number of halogens is 1. The summed E-state index contributed by atoms with van der Waals surface area (Å²) in [5.41, 5.74) is 1.36. The number of benzene rings is 1. The fourth-order valence-electron chi connectivity index (χ4n) is 4.43. The van der Waals surface area contributed by atoms with Crippen LogP contribution in [0.4, 0.5) is 0 Å². The van der Waals surface area contributed by atoms with Crippen LogP contribution in [0.25, 0.3) is 0 Å². The Morgan fingerprint density at radius 3 is 2.90 bits per heavy atom. The van der Waals surface area contributed by atoms with Crippen LogP contribution in [0.5, 0.6) is 5.75 Å². The molecule has 1 aliphatic heterocycles. The van der Waals surface area contributed by atoms with Gasteiger partial charge in [-0.15, -0.1) is 0 Å². The first-order valence-electron chi connectivity index (χ1n) is 7.98. The monoisotopic (exact) mass is 335 g/mol. The molecule has 2 aliphatic carbocycles. The average Bonchev–Trinajstić information content (AvgIpc) is 2.99. The first-order valence-corrected chi connectivity index (χ1v) is 8.77. The summed E-state index contributed by atoms with van der Waals surface area (Å²) in [7, 11) is 0. The van der Waals surface area contributed by atoms with Gasteiger partial charge in [0.05, 0.1) is 6.61 Å². The molecule has 1 aromatic rings. The van der Waals surface area contributed by atoms with Crippen molar-refractivity contribution in [1.82, 2.24) is 5.32 Å². The van der Waals surface area contributed by atoms with Crippen LogP contribution in [0.3, 0.4) is 0 Å². The first kappa shape index (κ1) is 13.1. The van der Waals surface area contributed by atoms with Gasteiger partial charge in [0.15, 0.2) is 0 Å². The molecule has 0 saturated heterocycles. The van der Waals surface area contributed by atoms with E-state index in [9.17, 15) is 0 Å². The van der Waals surface area contributed by atoms with E-state index in [0.29, 0.717) is 6.04 Å². The molecule has 2 nitrogen and oxygen atoms in total. The quantitative estimate of drug-likeness (QED) is 0.862. The van der Waals surface area contributed by atoms with Crippen LogP contribution in [-0.2, 0) is 0 Å². The second kappa shape index (κ2) is 5.34. The molecular weight excluding hydrogens is 314 g/mol. The molecule has 1 aromatic carbocycles. The maximum absolute atomic E-state index is 5.92. The molecule has 4 unspecified atom stereocenters. The smallest absolute Gasteiger partial charge is 0.125 e. The highest BCUT2D eigenvalue weighted by molar-refractivity contribution is 9.10. The maximum atomic E-state index is 5.92. The standard InChI is InChI=1S/C17H22BrNO/c18-13-5-6-14-15(2-1-7-20-17(14)10-13)19-16-9-11-3-4-12(16)8-11/h5-6,10-12,15-16,19H,1-4,7-9H2. The Balaban J connectivity index is 1.56. The van der Waals surface area contributed by atoms with E-state index >= 15 is 0 Å². The minimum Gasteiger partial charge on any atom is -0.493 e. The van der Waals surface area contributed by atoms with Crippen molar-refractivity contribution in [2.24, 2.45) is 11.8 Å². The Morgan fingerprint density at radius 2 is 2.10 bits per heavy atom. The van der Waals surface area contributed by atoms with E-state index in [1.807, 2.05) is 0 Å². The van der Waals surface area contributed by atoms with Crippen molar-refractivity contribution in [2.45, 2.75) is 50.6 Å². The Labute approximate surface area is 129 Å². The van der Waals surface area contributed by atoms with E-state index in [0.717, 1.165) is 41.1 Å². The van der Waals surface area contributed by atoms with E-state index in [4.69, 9.17) is 4.74 Å². The van der Waals surface area contributed by atoms with Crippen molar-refractivity contribution in [1.29, 1.82) is 0 Å². The number of nitrogens with one attached hydrogen (secondary N) is 1. The first-order chi connectivity index (χ1) is 9.79. The summed E-state index contributed by atoms with van der Waals surface area (Å²) in [6, 6.07) is 7.72. The number of ether oxygens (including phenoxy) is 1. The molecule has 2 fully saturated rings. The Kier molecular flexibility index (Phi) is 3.51. The fourth-order valence-corrected chi connectivity index (χ4v) is 4.77. The largest absolute Gasteiger partial charge is 0.493 e. The zero-order valence-electron chi connectivity index (χ0n) is 11.8. The number of fused-ring (bicyclic) bond motifs is 3. The van der Waals surface area contributed by atoms with Crippen LogP contribution in [-0.4, -0.2) is 12.6 Å². The Morgan fingerprint density at radius 1 is 1.15 bits per heavy atom. The molecule has 0 amide bonds. The van der Waals surface area contributed by atoms with Crippen LogP contribution in [0.1, 0.15) is 50.1 Å². The highest BCUT2D eigenvalue weighted by Gasteiger charge is 2.40. The summed E-state index contributed by atoms with van der Waals surface area (Å²) >= 11 is 3.55. The third-order valence-electron chi connectivity index (χ3n) is 5.40. The third kappa shape index (κ3) is 2.39. The average molecular weight is 336 g/mol. The zero-order valence-corrected chi connectivity index (χ0v) is 13.4. The van der Waals surface area contributed by atoms with E-state index in [1.54, 1.807) is 0 Å². The zero-order chi connectivity index (χ0) is 13.5. The number of rotatable bonds is 2. The molecule has 4 atom stereocenters. The minimum atomic E-state index is 0.477. The van der Waals surface area contributed by atoms with Crippen LogP contribution >= 0.6 is 15.9 Å². The summed E-state index contributed by atoms with van der Waals surface area (Å²) in [4.78, 5) is 0. The molecular formula is C17H22BrNO. The molecule has 0 radical (unpaired) electrons. The van der Waals surface area contributed by atoms with Gasteiger partial charge in [0.2, 0.25) is 0 Å². The van der Waals surface area contributed by atoms with Gasteiger partial charge in [0.1, 0.15) is 5.75 Å². The van der Waals surface area contributed by atoms with Gasteiger partial charge in [-0.25, -0.2) is 0 Å². The molecule has 1 heterocycles. The van der Waals surface area contributed by atoms with Crippen LogP contribution in [0, 0.1) is 11.8 Å². The van der Waals surface area contributed by atoms with Crippen LogP contribution in [0.15, 0.2) is 22.7 Å². The molecule has 0 spiro atoms. The Bertz CT molecular complexity index is 504. The fraction of sp³-hybridized carbons (Fsp3) is 0.647. The number of hydrogen-bond donors (Lipinski definition) is 1. The molecule has 1 N–H and O–H groups in total. The minimum absolute atomic E-state index is 0.477. The van der Waals surface area contributed by atoms with E-state index < -0.39 is 0 Å². The summed E-state index contributed by atoms with van der Waals surface area (Å²) < 4.78 is 7.02. The summed E-state index contributed by atoms with van der Waals surface area (Å²) in [6.07, 6.45) is 8.12. The second-order valence-corrected chi connectivity index (χ2v) is 7.59. The lowest BCUT2D eigenvalue weighted by Gasteiger charge is -2.28. The van der Waals surface area contributed by atoms with Crippen LogP contribution < -0.4 is 10.1 Å². The van der Waals surface area contributed by atoms with Gasteiger partial charge in [0, 0.05) is 22.1 Å². The normalized spacial score (nSPS) is 35.5. The maximum Gasteiger partial charge on any atom is 0.125 e. The van der Waals surface area contributed by atoms with Gasteiger partial charge in [-0.05, 0) is 56.1 Å². The highest BCUT2D eigenvalue weighted by Crippen LogP contribution is 2.46. The summed E-state index contributed by atoms with van der Waals surface area (Å²) in [5.74, 6) is 3.00. The van der Waals surface area contributed by atoms with Gasteiger partial charge < -0.3 is 10.1 Å². The SMILES string of the molecule is Brc1ccc2c(c1)OCCCC2NC1CC2CCC1C2. The predicted octanol–water partition coefficient (Wildman–Crippen LogP) is 4.44. The predicted molar refractivity (Wildman–Crippen MR) is 84.0 cm³/mol. The van der Waals surface area contributed by atoms with Gasteiger partial charge >= 0.3 is 0 Å². The molecule has 2 bridgehead atoms. The summed E-state index contributed by atoms with van der Waals surface area (Å²) in [5, 5.41) is 3.97. The molecule has 3 aliphatic rings. The van der Waals surface area contributed by atoms with Crippen molar-refractivity contribution in [2.75, 3.05) is 6.61 Å². The third-order valence-corrected chi connectivity index (χ3v) is 5.89. The van der Waals surface area contributed by atoms with Crippen molar-refractivity contribution in [3.63, 3.8) is 0 Å². The molecule has 4 rings (SSSR count). The van der Waals surface area contributed by atoms with E-state index in [2.05, 4.69) is 39.4 Å². The van der Waals surface area contributed by atoms with Crippen LogP contribution in [0.2, 0.25) is 0 Å². The summed E-state index contributed by atoms with van der Waals surface area (Å²) in [6.45, 7) is 0.846. The van der Waals surface area contributed by atoms with Gasteiger partial charge in [-0.1, -0.05) is 28.4 Å². The van der Waals surface area contributed by atoms with E-state index in [-0.39, 0.29) is 0 Å². The lowest BCUT2D eigenvalue weighted by molar-refractivity contribution is 0.301. The van der Waals surface area contributed by atoms with Gasteiger partial charge in [-0.3, -0.25) is 0 Å². The highest BCUT2D eigenvalue weighted by atomic mass is 79.9. The van der Waals surface area contributed by atoms with E-state index in [1.165, 1.54) is 37.7 Å².